The molecule has 1 aromatic heterocycles. The monoisotopic (exact) mass is 263 g/mol. The van der Waals surface area contributed by atoms with Crippen LogP contribution < -0.4 is 5.73 Å². The third kappa shape index (κ3) is 2.15. The molecule has 1 aromatic carbocycles. The number of aromatic nitrogens is 2. The first kappa shape index (κ1) is 10.1. The lowest BCUT2D eigenvalue weighted by molar-refractivity contribution is 1.06. The molecule has 76 valence electrons. The Morgan fingerprint density at radius 2 is 1.87 bits per heavy atom. The first-order valence-corrected chi connectivity index (χ1v) is 5.31. The summed E-state index contributed by atoms with van der Waals surface area (Å²) in [5.74, 6) is 1.21. The van der Waals surface area contributed by atoms with Crippen molar-refractivity contribution in [3.8, 4) is 11.1 Å². The van der Waals surface area contributed by atoms with Gasteiger partial charge in [0.1, 0.15) is 11.6 Å². The van der Waals surface area contributed by atoms with Gasteiger partial charge in [-0.05, 0) is 24.6 Å². The van der Waals surface area contributed by atoms with E-state index in [1.54, 1.807) is 6.20 Å². The van der Waals surface area contributed by atoms with Crippen molar-refractivity contribution >= 4 is 21.7 Å². The Kier molecular flexibility index (Phi) is 2.68. The molecule has 3 nitrogen and oxygen atoms in total. The molecule has 2 aromatic rings. The molecule has 0 radical (unpaired) electrons. The van der Waals surface area contributed by atoms with E-state index in [1.165, 1.54) is 0 Å². The lowest BCUT2D eigenvalue weighted by atomic mass is 10.1. The van der Waals surface area contributed by atoms with Crippen LogP contribution in [0.4, 0.5) is 5.82 Å². The van der Waals surface area contributed by atoms with Crippen molar-refractivity contribution < 1.29 is 0 Å². The van der Waals surface area contributed by atoms with Crippen molar-refractivity contribution in [1.29, 1.82) is 0 Å². The highest BCUT2D eigenvalue weighted by Crippen LogP contribution is 2.24. The van der Waals surface area contributed by atoms with Crippen molar-refractivity contribution in [2.24, 2.45) is 0 Å². The minimum absolute atomic E-state index is 0.518. The van der Waals surface area contributed by atoms with Gasteiger partial charge in [-0.25, -0.2) is 9.97 Å². The second-order valence-electron chi connectivity index (χ2n) is 3.22. The number of benzene rings is 1. The molecule has 4 heteroatoms. The molecular formula is C11H10BrN3. The Morgan fingerprint density at radius 3 is 2.47 bits per heavy atom. The molecule has 0 aliphatic heterocycles. The van der Waals surface area contributed by atoms with Gasteiger partial charge < -0.3 is 5.73 Å². The number of nitrogens with zero attached hydrogens (tertiary/aromatic N) is 2. The number of hydrogen-bond acceptors (Lipinski definition) is 3. The standard InChI is InChI=1S/C11H10BrN3/c1-7-14-6-10(11(13)15-7)8-2-4-9(12)5-3-8/h2-6H,1H3,(H2,13,14,15). The van der Waals surface area contributed by atoms with Gasteiger partial charge in [0, 0.05) is 16.2 Å². The third-order valence-electron chi connectivity index (χ3n) is 2.09. The Bertz CT molecular complexity index is 480. The lowest BCUT2D eigenvalue weighted by Crippen LogP contribution is -1.98. The van der Waals surface area contributed by atoms with E-state index in [-0.39, 0.29) is 0 Å². The summed E-state index contributed by atoms with van der Waals surface area (Å²) < 4.78 is 1.04. The van der Waals surface area contributed by atoms with E-state index in [4.69, 9.17) is 5.73 Å². The average Bonchev–Trinajstić information content (AvgIpc) is 2.20. The second-order valence-corrected chi connectivity index (χ2v) is 4.14. The van der Waals surface area contributed by atoms with Crippen LogP contribution in [0, 0.1) is 6.92 Å². The molecule has 0 aliphatic carbocycles. The quantitative estimate of drug-likeness (QED) is 0.861. The predicted molar refractivity (Wildman–Crippen MR) is 64.3 cm³/mol. The van der Waals surface area contributed by atoms with Crippen LogP contribution in [0.25, 0.3) is 11.1 Å². The molecule has 0 saturated carbocycles. The third-order valence-corrected chi connectivity index (χ3v) is 2.62. The van der Waals surface area contributed by atoms with E-state index < -0.39 is 0 Å². The summed E-state index contributed by atoms with van der Waals surface area (Å²) in [7, 11) is 0. The summed E-state index contributed by atoms with van der Waals surface area (Å²) in [5.41, 5.74) is 7.72. The first-order chi connectivity index (χ1) is 7.16. The molecule has 1 heterocycles. The van der Waals surface area contributed by atoms with Crippen molar-refractivity contribution in [1.82, 2.24) is 9.97 Å². The second kappa shape index (κ2) is 3.98. The molecule has 0 aliphatic rings. The maximum Gasteiger partial charge on any atom is 0.135 e. The summed E-state index contributed by atoms with van der Waals surface area (Å²) in [4.78, 5) is 8.26. The van der Waals surface area contributed by atoms with E-state index in [0.29, 0.717) is 11.6 Å². The van der Waals surface area contributed by atoms with Crippen molar-refractivity contribution in [3.05, 3.63) is 40.8 Å². The number of nitrogens with two attached hydrogens (primary N) is 1. The zero-order valence-corrected chi connectivity index (χ0v) is 9.82. The van der Waals surface area contributed by atoms with Crippen molar-refractivity contribution in [2.75, 3.05) is 5.73 Å². The van der Waals surface area contributed by atoms with Gasteiger partial charge in [0.25, 0.3) is 0 Å². The Hall–Kier alpha value is -1.42. The van der Waals surface area contributed by atoms with Gasteiger partial charge in [-0.1, -0.05) is 28.1 Å². The van der Waals surface area contributed by atoms with Crippen LogP contribution in [0.3, 0.4) is 0 Å². The van der Waals surface area contributed by atoms with Gasteiger partial charge in [-0.15, -0.1) is 0 Å². The topological polar surface area (TPSA) is 51.8 Å². The maximum absolute atomic E-state index is 5.83. The minimum Gasteiger partial charge on any atom is -0.383 e. The highest BCUT2D eigenvalue weighted by Gasteiger charge is 2.04. The minimum atomic E-state index is 0.518. The van der Waals surface area contributed by atoms with Crippen LogP contribution in [0.1, 0.15) is 5.82 Å². The molecule has 0 amide bonds. The molecule has 0 fully saturated rings. The maximum atomic E-state index is 5.83. The first-order valence-electron chi connectivity index (χ1n) is 4.52. The predicted octanol–water partition coefficient (Wildman–Crippen LogP) is 2.80. The highest BCUT2D eigenvalue weighted by atomic mass is 79.9. The van der Waals surface area contributed by atoms with Crippen LogP contribution in [0.2, 0.25) is 0 Å². The van der Waals surface area contributed by atoms with Crippen LogP contribution in [-0.2, 0) is 0 Å². The Labute approximate surface area is 96.5 Å². The Balaban J connectivity index is 2.49. The molecule has 0 bridgehead atoms. The van der Waals surface area contributed by atoms with Gasteiger partial charge in [-0.2, -0.15) is 0 Å². The van der Waals surface area contributed by atoms with E-state index in [0.717, 1.165) is 15.6 Å². The number of aryl methyl sites for hydroxylation is 1. The fraction of sp³-hybridized carbons (Fsp3) is 0.0909. The Morgan fingerprint density at radius 1 is 1.20 bits per heavy atom. The molecular weight excluding hydrogens is 254 g/mol. The van der Waals surface area contributed by atoms with Crippen molar-refractivity contribution in [2.45, 2.75) is 6.92 Å². The number of rotatable bonds is 1. The fourth-order valence-electron chi connectivity index (χ4n) is 1.34. The van der Waals surface area contributed by atoms with Gasteiger partial charge in [-0.3, -0.25) is 0 Å². The lowest BCUT2D eigenvalue weighted by Gasteiger charge is -2.04. The van der Waals surface area contributed by atoms with Gasteiger partial charge in [0.05, 0.1) is 0 Å². The highest BCUT2D eigenvalue weighted by molar-refractivity contribution is 9.10. The van der Waals surface area contributed by atoms with Crippen molar-refractivity contribution in [3.63, 3.8) is 0 Å². The van der Waals surface area contributed by atoms with E-state index in [9.17, 15) is 0 Å². The fourth-order valence-corrected chi connectivity index (χ4v) is 1.60. The molecule has 0 spiro atoms. The SMILES string of the molecule is Cc1ncc(-c2ccc(Br)cc2)c(N)n1. The van der Waals surface area contributed by atoms with Crippen LogP contribution in [-0.4, -0.2) is 9.97 Å². The smallest absolute Gasteiger partial charge is 0.135 e. The molecule has 0 unspecified atom stereocenters. The van der Waals surface area contributed by atoms with Crippen LogP contribution >= 0.6 is 15.9 Å². The normalized spacial score (nSPS) is 10.3. The molecule has 0 saturated heterocycles. The summed E-state index contributed by atoms with van der Waals surface area (Å²) in [6.07, 6.45) is 1.75. The van der Waals surface area contributed by atoms with E-state index in [2.05, 4.69) is 25.9 Å². The summed E-state index contributed by atoms with van der Waals surface area (Å²) in [6.45, 7) is 1.82. The van der Waals surface area contributed by atoms with Gasteiger partial charge >= 0.3 is 0 Å². The molecule has 2 rings (SSSR count). The summed E-state index contributed by atoms with van der Waals surface area (Å²) in [6, 6.07) is 7.90. The number of nitrogen functional groups attached to an aromatic ring is 1. The molecule has 0 atom stereocenters. The molecule has 2 N–H and O–H groups in total. The summed E-state index contributed by atoms with van der Waals surface area (Å²) in [5, 5.41) is 0. The largest absolute Gasteiger partial charge is 0.383 e. The zero-order valence-electron chi connectivity index (χ0n) is 8.24. The summed E-state index contributed by atoms with van der Waals surface area (Å²) >= 11 is 3.39. The van der Waals surface area contributed by atoms with Crippen LogP contribution in [0.5, 0.6) is 0 Å². The average molecular weight is 264 g/mol. The van der Waals surface area contributed by atoms with Gasteiger partial charge in [0.2, 0.25) is 0 Å². The number of hydrogen-bond donors (Lipinski definition) is 1. The number of halogens is 1. The van der Waals surface area contributed by atoms with Crippen LogP contribution in [0.15, 0.2) is 34.9 Å². The molecule has 15 heavy (non-hydrogen) atoms. The van der Waals surface area contributed by atoms with Gasteiger partial charge in [0.15, 0.2) is 0 Å². The number of anilines is 1. The van der Waals surface area contributed by atoms with E-state index in [1.807, 2.05) is 31.2 Å². The van der Waals surface area contributed by atoms with E-state index >= 15 is 0 Å². The zero-order chi connectivity index (χ0) is 10.8.